The van der Waals surface area contributed by atoms with Gasteiger partial charge in [-0.25, -0.2) is 0 Å². The fourth-order valence-corrected chi connectivity index (χ4v) is 3.52. The number of hydrogen-bond donors (Lipinski definition) is 1. The molecule has 1 N–H and O–H groups in total. The molecular weight excluding hydrogens is 380 g/mol. The van der Waals surface area contributed by atoms with Gasteiger partial charge in [0.05, 0.1) is 4.92 Å². The van der Waals surface area contributed by atoms with E-state index in [1.54, 1.807) is 12.1 Å². The second kappa shape index (κ2) is 7.81. The third kappa shape index (κ3) is 4.20. The number of nitrogens with one attached hydrogen (secondary N) is 1. The van der Waals surface area contributed by atoms with Crippen molar-refractivity contribution in [1.29, 1.82) is 0 Å². The molecule has 1 amide bonds. The fourth-order valence-electron chi connectivity index (χ4n) is 2.63. The minimum Gasteiger partial charge on any atom is -0.411 e. The summed E-state index contributed by atoms with van der Waals surface area (Å²) in [5, 5.41) is 21.6. The molecule has 0 spiro atoms. The zero-order valence-electron chi connectivity index (χ0n) is 14.6. The first-order valence-corrected chi connectivity index (χ1v) is 9.58. The molecule has 1 fully saturated rings. The highest BCUT2D eigenvalue weighted by atomic mass is 32.2. The minimum absolute atomic E-state index is 0.0594. The second-order valence-corrected chi connectivity index (χ2v) is 7.43. The molecular formula is C19H16N4O4S. The summed E-state index contributed by atoms with van der Waals surface area (Å²) in [6.07, 6.45) is 1.99. The number of nitro groups is 1. The molecule has 3 aromatic rings. The maximum Gasteiger partial charge on any atom is 0.277 e. The van der Waals surface area contributed by atoms with Crippen molar-refractivity contribution in [3.05, 3.63) is 70.3 Å². The van der Waals surface area contributed by atoms with Crippen LogP contribution in [0.4, 0.5) is 5.69 Å². The lowest BCUT2D eigenvalue weighted by atomic mass is 10.1. The van der Waals surface area contributed by atoms with E-state index in [1.807, 2.05) is 30.3 Å². The summed E-state index contributed by atoms with van der Waals surface area (Å²) in [6, 6.07) is 15.6. The predicted octanol–water partition coefficient (Wildman–Crippen LogP) is 3.76. The van der Waals surface area contributed by atoms with Gasteiger partial charge in [0.1, 0.15) is 5.25 Å². The fraction of sp³-hybridized carbons (Fsp3) is 0.211. The molecule has 142 valence electrons. The van der Waals surface area contributed by atoms with Crippen molar-refractivity contribution in [2.45, 2.75) is 29.4 Å². The zero-order chi connectivity index (χ0) is 19.5. The molecule has 4 rings (SSSR count). The molecule has 1 atom stereocenters. The van der Waals surface area contributed by atoms with E-state index in [0.29, 0.717) is 5.56 Å². The van der Waals surface area contributed by atoms with Crippen LogP contribution in [-0.2, 0) is 4.79 Å². The number of hydrogen-bond acceptors (Lipinski definition) is 7. The monoisotopic (exact) mass is 396 g/mol. The van der Waals surface area contributed by atoms with Crippen molar-refractivity contribution in [2.24, 2.45) is 0 Å². The SMILES string of the molecule is O=C(NC1CC1)[C@@H](Sc1nnc(-c2cccc([N+](=O)[O-])c2)o1)c1ccccc1. The Bertz CT molecular complexity index is 1000. The Morgan fingerprint density at radius 3 is 2.68 bits per heavy atom. The smallest absolute Gasteiger partial charge is 0.277 e. The van der Waals surface area contributed by atoms with Gasteiger partial charge in [-0.2, -0.15) is 0 Å². The molecule has 2 aromatic carbocycles. The number of aromatic nitrogens is 2. The van der Waals surface area contributed by atoms with Crippen LogP contribution >= 0.6 is 11.8 Å². The van der Waals surface area contributed by atoms with Gasteiger partial charge in [-0.05, 0) is 36.2 Å². The maximum atomic E-state index is 12.7. The highest BCUT2D eigenvalue weighted by Gasteiger charge is 2.30. The third-order valence-electron chi connectivity index (χ3n) is 4.19. The summed E-state index contributed by atoms with van der Waals surface area (Å²) >= 11 is 1.16. The van der Waals surface area contributed by atoms with Gasteiger partial charge in [0.25, 0.3) is 10.9 Å². The Balaban J connectivity index is 1.57. The number of carbonyl (C=O) groups is 1. The van der Waals surface area contributed by atoms with Gasteiger partial charge in [0.15, 0.2) is 0 Å². The molecule has 1 saturated carbocycles. The number of amides is 1. The van der Waals surface area contributed by atoms with Crippen LogP contribution in [0.1, 0.15) is 23.7 Å². The Morgan fingerprint density at radius 1 is 1.18 bits per heavy atom. The van der Waals surface area contributed by atoms with Crippen LogP contribution in [0.5, 0.6) is 0 Å². The van der Waals surface area contributed by atoms with Crippen LogP contribution in [0.25, 0.3) is 11.5 Å². The van der Waals surface area contributed by atoms with Crippen LogP contribution in [0.3, 0.4) is 0 Å². The van der Waals surface area contributed by atoms with E-state index in [9.17, 15) is 14.9 Å². The van der Waals surface area contributed by atoms with Crippen LogP contribution in [0.15, 0.2) is 64.2 Å². The number of non-ortho nitro benzene ring substituents is 1. The van der Waals surface area contributed by atoms with Gasteiger partial charge in [-0.15, -0.1) is 10.2 Å². The van der Waals surface area contributed by atoms with Gasteiger partial charge in [0.2, 0.25) is 11.8 Å². The number of benzene rings is 2. The van der Waals surface area contributed by atoms with Crippen LogP contribution in [0.2, 0.25) is 0 Å². The summed E-state index contributed by atoms with van der Waals surface area (Å²) in [5.74, 6) is 0.0643. The van der Waals surface area contributed by atoms with Crippen LogP contribution in [-0.4, -0.2) is 27.1 Å². The molecule has 0 saturated heterocycles. The van der Waals surface area contributed by atoms with E-state index in [1.165, 1.54) is 12.1 Å². The third-order valence-corrected chi connectivity index (χ3v) is 5.28. The highest BCUT2D eigenvalue weighted by Crippen LogP contribution is 2.37. The highest BCUT2D eigenvalue weighted by molar-refractivity contribution is 8.00. The van der Waals surface area contributed by atoms with Crippen molar-refractivity contribution in [1.82, 2.24) is 15.5 Å². The zero-order valence-corrected chi connectivity index (χ0v) is 15.5. The Kier molecular flexibility index (Phi) is 5.07. The topological polar surface area (TPSA) is 111 Å². The van der Waals surface area contributed by atoms with Crippen molar-refractivity contribution in [3.8, 4) is 11.5 Å². The van der Waals surface area contributed by atoms with Gasteiger partial charge in [-0.1, -0.05) is 36.4 Å². The second-order valence-electron chi connectivity index (χ2n) is 6.37. The van der Waals surface area contributed by atoms with Crippen molar-refractivity contribution < 1.29 is 14.1 Å². The van der Waals surface area contributed by atoms with E-state index in [0.717, 1.165) is 30.2 Å². The minimum atomic E-state index is -0.528. The Morgan fingerprint density at radius 2 is 1.96 bits per heavy atom. The van der Waals surface area contributed by atoms with Crippen molar-refractivity contribution in [3.63, 3.8) is 0 Å². The summed E-state index contributed by atoms with van der Waals surface area (Å²) < 4.78 is 5.67. The molecule has 9 heteroatoms. The number of carbonyl (C=O) groups excluding carboxylic acids is 1. The van der Waals surface area contributed by atoms with Crippen LogP contribution < -0.4 is 5.32 Å². The lowest BCUT2D eigenvalue weighted by Crippen LogP contribution is -2.29. The average molecular weight is 396 g/mol. The maximum absolute atomic E-state index is 12.7. The normalized spacial score (nSPS) is 14.4. The van der Waals surface area contributed by atoms with Crippen molar-refractivity contribution in [2.75, 3.05) is 0 Å². The number of thioether (sulfide) groups is 1. The first kappa shape index (κ1) is 18.2. The van der Waals surface area contributed by atoms with E-state index < -0.39 is 10.2 Å². The average Bonchev–Trinajstić information content (AvgIpc) is 3.40. The Hall–Kier alpha value is -3.20. The van der Waals surface area contributed by atoms with Gasteiger partial charge in [-0.3, -0.25) is 14.9 Å². The molecule has 0 bridgehead atoms. The predicted molar refractivity (Wildman–Crippen MR) is 103 cm³/mol. The standard InChI is InChI=1S/C19H16N4O4S/c24-17(20-14-9-10-14)16(12-5-2-1-3-6-12)28-19-22-21-18(27-19)13-7-4-8-15(11-13)23(25)26/h1-8,11,14,16H,9-10H2,(H,20,24)/t16-/m0/s1. The number of nitro benzene ring substituents is 1. The molecule has 1 heterocycles. The Labute approximate surface area is 164 Å². The number of rotatable bonds is 7. The van der Waals surface area contributed by atoms with E-state index >= 15 is 0 Å². The first-order valence-electron chi connectivity index (χ1n) is 8.70. The van der Waals surface area contributed by atoms with Crippen molar-refractivity contribution >= 4 is 23.4 Å². The largest absolute Gasteiger partial charge is 0.411 e. The molecule has 1 aliphatic carbocycles. The van der Waals surface area contributed by atoms with E-state index in [4.69, 9.17) is 4.42 Å². The summed E-state index contributed by atoms with van der Waals surface area (Å²) in [7, 11) is 0. The molecule has 28 heavy (non-hydrogen) atoms. The lowest BCUT2D eigenvalue weighted by Gasteiger charge is -2.14. The van der Waals surface area contributed by atoms with Crippen LogP contribution in [0, 0.1) is 10.1 Å². The van der Waals surface area contributed by atoms with Gasteiger partial charge in [0, 0.05) is 23.7 Å². The molecule has 0 radical (unpaired) electrons. The molecule has 8 nitrogen and oxygen atoms in total. The molecule has 0 unspecified atom stereocenters. The quantitative estimate of drug-likeness (QED) is 0.368. The summed E-state index contributed by atoms with van der Waals surface area (Å²) in [4.78, 5) is 23.2. The first-order chi connectivity index (χ1) is 13.6. The summed E-state index contributed by atoms with van der Waals surface area (Å²) in [5.41, 5.74) is 1.23. The molecule has 0 aliphatic heterocycles. The van der Waals surface area contributed by atoms with Gasteiger partial charge >= 0.3 is 0 Å². The molecule has 1 aromatic heterocycles. The van der Waals surface area contributed by atoms with Gasteiger partial charge < -0.3 is 9.73 Å². The summed E-state index contributed by atoms with van der Waals surface area (Å²) in [6.45, 7) is 0. The lowest BCUT2D eigenvalue weighted by molar-refractivity contribution is -0.384. The van der Waals surface area contributed by atoms with E-state index in [-0.39, 0.29) is 28.7 Å². The molecule has 1 aliphatic rings. The van der Waals surface area contributed by atoms with E-state index in [2.05, 4.69) is 15.5 Å². The number of nitrogens with zero attached hydrogens (tertiary/aromatic N) is 3.